The molecule has 0 heterocycles. The molecule has 1 rings (SSSR count). The van der Waals surface area contributed by atoms with E-state index in [2.05, 4.69) is 5.16 Å². The molecule has 0 saturated heterocycles. The molecule has 5 nitrogen and oxygen atoms in total. The van der Waals surface area contributed by atoms with E-state index in [1.807, 2.05) is 0 Å². The third-order valence-electron chi connectivity index (χ3n) is 1.76. The van der Waals surface area contributed by atoms with Crippen LogP contribution in [0.3, 0.4) is 0 Å². The monoisotopic (exact) mass is 196 g/mol. The first-order valence-electron chi connectivity index (χ1n) is 3.97. The number of benzene rings is 1. The fraction of sp³-hybridized carbons (Fsp3) is 0.222. The second-order valence-corrected chi connectivity index (χ2v) is 2.77. The Morgan fingerprint density at radius 1 is 1.57 bits per heavy atom. The topological polar surface area (TPSA) is 88.1 Å². The Morgan fingerprint density at radius 2 is 2.29 bits per heavy atom. The number of nitrogens with zero attached hydrogens (tertiary/aromatic N) is 1. The molecule has 0 radical (unpaired) electrons. The minimum absolute atomic E-state index is 0.0276. The lowest BCUT2D eigenvalue weighted by molar-refractivity contribution is 0.185. The summed E-state index contributed by atoms with van der Waals surface area (Å²) in [5.74, 6) is -0.152. The van der Waals surface area contributed by atoms with Gasteiger partial charge in [-0.15, -0.1) is 0 Å². The van der Waals surface area contributed by atoms with Crippen molar-refractivity contribution in [3.05, 3.63) is 29.3 Å². The maximum atomic E-state index is 9.39. The zero-order valence-corrected chi connectivity index (χ0v) is 7.77. The van der Waals surface area contributed by atoms with Crippen molar-refractivity contribution in [3.8, 4) is 5.75 Å². The molecule has 0 spiro atoms. The first kappa shape index (κ1) is 10.3. The van der Waals surface area contributed by atoms with Crippen LogP contribution in [0.5, 0.6) is 5.75 Å². The molecule has 14 heavy (non-hydrogen) atoms. The number of nitrogens with two attached hydrogens (primary N) is 1. The molecule has 0 unspecified atom stereocenters. The third-order valence-corrected chi connectivity index (χ3v) is 1.76. The van der Waals surface area contributed by atoms with Crippen molar-refractivity contribution in [1.82, 2.24) is 0 Å². The lowest BCUT2D eigenvalue weighted by Gasteiger charge is -2.05. The Labute approximate surface area is 81.4 Å². The van der Waals surface area contributed by atoms with Crippen LogP contribution in [-0.4, -0.2) is 23.3 Å². The number of hydrogen-bond donors (Lipinski definition) is 3. The summed E-state index contributed by atoms with van der Waals surface area (Å²) < 4.78 is 4.91. The number of phenolic OH excluding ortho intramolecular Hbond substituents is 1. The van der Waals surface area contributed by atoms with Gasteiger partial charge in [-0.25, -0.2) is 0 Å². The third kappa shape index (κ3) is 2.14. The standard InChI is InChI=1S/C9H12N2O3/c1-14-5-6-2-3-8(12)7(4-6)9(10)11-13/h2-4,12-13H,5H2,1H3,(H2,10,11). The molecule has 0 aliphatic heterocycles. The molecule has 0 amide bonds. The number of rotatable bonds is 3. The van der Waals surface area contributed by atoms with Crippen molar-refractivity contribution in [2.45, 2.75) is 6.61 Å². The highest BCUT2D eigenvalue weighted by Crippen LogP contribution is 2.18. The summed E-state index contributed by atoms with van der Waals surface area (Å²) in [6.07, 6.45) is 0. The van der Waals surface area contributed by atoms with Gasteiger partial charge in [0.25, 0.3) is 0 Å². The van der Waals surface area contributed by atoms with Gasteiger partial charge in [0.2, 0.25) is 0 Å². The second-order valence-electron chi connectivity index (χ2n) is 2.77. The molecular weight excluding hydrogens is 184 g/mol. The van der Waals surface area contributed by atoms with E-state index in [1.165, 1.54) is 6.07 Å². The number of phenols is 1. The largest absolute Gasteiger partial charge is 0.507 e. The SMILES string of the molecule is COCc1ccc(O)c(/C(N)=N\O)c1. The Balaban J connectivity index is 3.08. The molecule has 0 saturated carbocycles. The fourth-order valence-electron chi connectivity index (χ4n) is 1.10. The lowest BCUT2D eigenvalue weighted by atomic mass is 10.1. The zero-order valence-electron chi connectivity index (χ0n) is 7.77. The van der Waals surface area contributed by atoms with Gasteiger partial charge in [0, 0.05) is 7.11 Å². The summed E-state index contributed by atoms with van der Waals surface area (Å²) in [7, 11) is 1.57. The van der Waals surface area contributed by atoms with Crippen LogP contribution in [0.15, 0.2) is 23.4 Å². The van der Waals surface area contributed by atoms with Crippen LogP contribution in [0.25, 0.3) is 0 Å². The number of ether oxygens (including phenoxy) is 1. The smallest absolute Gasteiger partial charge is 0.173 e. The minimum Gasteiger partial charge on any atom is -0.507 e. The van der Waals surface area contributed by atoms with E-state index in [0.717, 1.165) is 5.56 Å². The van der Waals surface area contributed by atoms with E-state index in [0.29, 0.717) is 12.2 Å². The first-order chi connectivity index (χ1) is 6.69. The molecule has 0 atom stereocenters. The van der Waals surface area contributed by atoms with E-state index >= 15 is 0 Å². The molecule has 5 heteroatoms. The van der Waals surface area contributed by atoms with Crippen LogP contribution >= 0.6 is 0 Å². The van der Waals surface area contributed by atoms with Gasteiger partial charge in [-0.3, -0.25) is 0 Å². The number of hydrogen-bond acceptors (Lipinski definition) is 4. The van der Waals surface area contributed by atoms with Gasteiger partial charge in [-0.2, -0.15) is 0 Å². The Morgan fingerprint density at radius 3 is 2.86 bits per heavy atom. The summed E-state index contributed by atoms with van der Waals surface area (Å²) >= 11 is 0. The van der Waals surface area contributed by atoms with Gasteiger partial charge >= 0.3 is 0 Å². The molecule has 0 bridgehead atoms. The van der Waals surface area contributed by atoms with Crippen LogP contribution in [0.1, 0.15) is 11.1 Å². The van der Waals surface area contributed by atoms with Gasteiger partial charge in [-0.1, -0.05) is 11.2 Å². The van der Waals surface area contributed by atoms with Gasteiger partial charge < -0.3 is 20.8 Å². The van der Waals surface area contributed by atoms with Crippen molar-refractivity contribution in [2.24, 2.45) is 10.9 Å². The summed E-state index contributed by atoms with van der Waals surface area (Å²) in [6, 6.07) is 4.78. The Bertz CT molecular complexity index is 350. The van der Waals surface area contributed by atoms with Crippen molar-refractivity contribution >= 4 is 5.84 Å². The summed E-state index contributed by atoms with van der Waals surface area (Å²) in [5, 5.41) is 20.7. The second kappa shape index (κ2) is 4.48. The highest BCUT2D eigenvalue weighted by molar-refractivity contribution is 5.99. The molecule has 4 N–H and O–H groups in total. The lowest BCUT2D eigenvalue weighted by Crippen LogP contribution is -2.13. The number of aromatic hydroxyl groups is 1. The summed E-state index contributed by atoms with van der Waals surface area (Å²) in [4.78, 5) is 0. The Kier molecular flexibility index (Phi) is 3.30. The predicted molar refractivity (Wildman–Crippen MR) is 51.3 cm³/mol. The van der Waals surface area contributed by atoms with E-state index in [4.69, 9.17) is 15.7 Å². The van der Waals surface area contributed by atoms with Crippen LogP contribution in [0, 0.1) is 0 Å². The van der Waals surface area contributed by atoms with Crippen molar-refractivity contribution < 1.29 is 15.1 Å². The van der Waals surface area contributed by atoms with Crippen LogP contribution in [0.2, 0.25) is 0 Å². The van der Waals surface area contributed by atoms with Gasteiger partial charge in [-0.05, 0) is 17.7 Å². The number of oxime groups is 1. The zero-order chi connectivity index (χ0) is 10.6. The molecule has 0 aromatic heterocycles. The Hall–Kier alpha value is -1.75. The maximum Gasteiger partial charge on any atom is 0.173 e. The van der Waals surface area contributed by atoms with Gasteiger partial charge in [0.1, 0.15) is 5.75 Å². The summed E-state index contributed by atoms with van der Waals surface area (Å²) in [6.45, 7) is 0.409. The molecular formula is C9H12N2O3. The molecule has 0 fully saturated rings. The van der Waals surface area contributed by atoms with Crippen molar-refractivity contribution in [3.63, 3.8) is 0 Å². The molecule has 0 aliphatic rings. The first-order valence-corrected chi connectivity index (χ1v) is 3.97. The summed E-state index contributed by atoms with van der Waals surface area (Å²) in [5.41, 5.74) is 6.49. The van der Waals surface area contributed by atoms with Crippen LogP contribution in [0.4, 0.5) is 0 Å². The average molecular weight is 196 g/mol. The van der Waals surface area contributed by atoms with Gasteiger partial charge in [0.15, 0.2) is 5.84 Å². The van der Waals surface area contributed by atoms with E-state index < -0.39 is 0 Å². The quantitative estimate of drug-likeness (QED) is 0.286. The normalized spacial score (nSPS) is 11.6. The molecule has 1 aromatic carbocycles. The highest BCUT2D eigenvalue weighted by atomic mass is 16.5. The van der Waals surface area contributed by atoms with Crippen molar-refractivity contribution in [1.29, 1.82) is 0 Å². The molecule has 1 aromatic rings. The fourth-order valence-corrected chi connectivity index (χ4v) is 1.10. The minimum atomic E-state index is -0.125. The van der Waals surface area contributed by atoms with Crippen molar-refractivity contribution in [2.75, 3.05) is 7.11 Å². The van der Waals surface area contributed by atoms with Crippen LogP contribution < -0.4 is 5.73 Å². The van der Waals surface area contributed by atoms with E-state index in [-0.39, 0.29) is 11.6 Å². The van der Waals surface area contributed by atoms with Crippen LogP contribution in [-0.2, 0) is 11.3 Å². The van der Waals surface area contributed by atoms with E-state index in [1.54, 1.807) is 19.2 Å². The number of amidine groups is 1. The average Bonchev–Trinajstić information content (AvgIpc) is 2.20. The molecule has 76 valence electrons. The van der Waals surface area contributed by atoms with Gasteiger partial charge in [0.05, 0.1) is 12.2 Å². The number of methoxy groups -OCH3 is 1. The molecule has 0 aliphatic carbocycles. The van der Waals surface area contributed by atoms with E-state index in [9.17, 15) is 5.11 Å². The highest BCUT2D eigenvalue weighted by Gasteiger charge is 2.06. The maximum absolute atomic E-state index is 9.39. The predicted octanol–water partition coefficient (Wildman–Crippen LogP) is 0.633.